The zero-order chi connectivity index (χ0) is 15.7. The van der Waals surface area contributed by atoms with E-state index in [1.807, 2.05) is 0 Å². The van der Waals surface area contributed by atoms with E-state index < -0.39 is 0 Å². The van der Waals surface area contributed by atoms with E-state index in [0.717, 1.165) is 28.7 Å². The lowest BCUT2D eigenvalue weighted by Gasteiger charge is -2.02. The minimum atomic E-state index is -0.223. The molecule has 1 aliphatic carbocycles. The number of carbonyl (C=O) groups excluding carboxylic acids is 1. The van der Waals surface area contributed by atoms with Crippen molar-refractivity contribution in [2.24, 2.45) is 0 Å². The highest BCUT2D eigenvalue weighted by Crippen LogP contribution is 2.30. The number of thiazole rings is 1. The molecule has 0 radical (unpaired) electrons. The molecule has 2 aromatic rings. The monoisotopic (exact) mass is 382 g/mol. The van der Waals surface area contributed by atoms with Crippen LogP contribution in [0.5, 0.6) is 0 Å². The van der Waals surface area contributed by atoms with Crippen molar-refractivity contribution < 1.29 is 4.79 Å². The van der Waals surface area contributed by atoms with Crippen molar-refractivity contribution in [3.63, 3.8) is 0 Å². The Bertz CT molecular complexity index is 668. The number of aromatic nitrogens is 3. The minimum Gasteiger partial charge on any atom is -0.296 e. The third kappa shape index (κ3) is 3.10. The second kappa shape index (κ2) is 6.50. The maximum Gasteiger partial charge on any atom is 0.279 e. The molecule has 0 saturated heterocycles. The van der Waals surface area contributed by atoms with Crippen LogP contribution >= 0.6 is 27.3 Å². The maximum atomic E-state index is 12.4. The Morgan fingerprint density at radius 2 is 2.09 bits per heavy atom. The number of hydrogen-bond donors (Lipinski definition) is 2. The van der Waals surface area contributed by atoms with Crippen LogP contribution in [-0.2, 0) is 12.8 Å². The van der Waals surface area contributed by atoms with Crippen LogP contribution in [0.25, 0.3) is 0 Å². The Balaban J connectivity index is 1.77. The van der Waals surface area contributed by atoms with Gasteiger partial charge < -0.3 is 0 Å². The molecule has 0 spiro atoms. The summed E-state index contributed by atoms with van der Waals surface area (Å²) in [6.07, 6.45) is 5.76. The van der Waals surface area contributed by atoms with Gasteiger partial charge in [-0.15, -0.1) is 11.3 Å². The number of aromatic amines is 1. The standard InChI is InChI=1S/C15H19BrN4OS/c1-8(2)12-11(16)13(20-19-12)14(21)18-15-17-9-6-4-3-5-7-10(9)22-15/h8H,3-7H2,1-2H3,(H,19,20)(H,17,18,21). The number of aryl methyl sites for hydroxylation is 2. The summed E-state index contributed by atoms with van der Waals surface area (Å²) >= 11 is 5.06. The lowest BCUT2D eigenvalue weighted by atomic mass is 10.1. The third-order valence-electron chi connectivity index (χ3n) is 3.84. The van der Waals surface area contributed by atoms with Crippen molar-refractivity contribution in [1.82, 2.24) is 15.2 Å². The normalized spacial score (nSPS) is 14.7. The van der Waals surface area contributed by atoms with Gasteiger partial charge >= 0.3 is 0 Å². The largest absolute Gasteiger partial charge is 0.296 e. The Morgan fingerprint density at radius 1 is 1.32 bits per heavy atom. The van der Waals surface area contributed by atoms with Crippen LogP contribution in [0.2, 0.25) is 0 Å². The number of H-pyrrole nitrogens is 1. The number of fused-ring (bicyclic) bond motifs is 1. The number of hydrogen-bond acceptors (Lipinski definition) is 4. The van der Waals surface area contributed by atoms with Gasteiger partial charge in [0.1, 0.15) is 0 Å². The molecule has 0 bridgehead atoms. The second-order valence-corrected chi connectivity index (χ2v) is 7.73. The molecule has 2 heterocycles. The Hall–Kier alpha value is -1.21. The average molecular weight is 383 g/mol. The van der Waals surface area contributed by atoms with Crippen LogP contribution in [0, 0.1) is 0 Å². The first-order valence-electron chi connectivity index (χ1n) is 7.60. The van der Waals surface area contributed by atoms with Crippen LogP contribution in [0.15, 0.2) is 4.47 Å². The van der Waals surface area contributed by atoms with Crippen molar-refractivity contribution in [2.45, 2.75) is 51.9 Å². The van der Waals surface area contributed by atoms with E-state index >= 15 is 0 Å². The van der Waals surface area contributed by atoms with Gasteiger partial charge in [-0.25, -0.2) is 4.98 Å². The Kier molecular flexibility index (Phi) is 4.63. The van der Waals surface area contributed by atoms with E-state index in [0.29, 0.717) is 10.8 Å². The van der Waals surface area contributed by atoms with Gasteiger partial charge in [-0.05, 0) is 47.5 Å². The second-order valence-electron chi connectivity index (χ2n) is 5.86. The number of amides is 1. The van der Waals surface area contributed by atoms with Gasteiger partial charge in [0, 0.05) is 4.88 Å². The third-order valence-corrected chi connectivity index (χ3v) is 5.72. The molecule has 1 amide bonds. The van der Waals surface area contributed by atoms with Crippen LogP contribution in [0.4, 0.5) is 5.13 Å². The molecule has 7 heteroatoms. The number of nitrogens with one attached hydrogen (secondary N) is 2. The van der Waals surface area contributed by atoms with Gasteiger partial charge in [0.2, 0.25) is 0 Å². The average Bonchev–Trinajstić information content (AvgIpc) is 2.96. The van der Waals surface area contributed by atoms with Crippen LogP contribution in [0.3, 0.4) is 0 Å². The Morgan fingerprint density at radius 3 is 2.82 bits per heavy atom. The summed E-state index contributed by atoms with van der Waals surface area (Å²) in [5.41, 5.74) is 2.47. The molecule has 1 aliphatic rings. The summed E-state index contributed by atoms with van der Waals surface area (Å²) in [5, 5.41) is 10.6. The SMILES string of the molecule is CC(C)c1[nH]nc(C(=O)Nc2nc3c(s2)CCCCC3)c1Br. The highest BCUT2D eigenvalue weighted by Gasteiger charge is 2.21. The number of halogens is 1. The van der Waals surface area contributed by atoms with Gasteiger partial charge in [-0.3, -0.25) is 15.2 Å². The highest BCUT2D eigenvalue weighted by molar-refractivity contribution is 9.10. The molecule has 0 fully saturated rings. The van der Waals surface area contributed by atoms with Crippen molar-refractivity contribution in [3.8, 4) is 0 Å². The van der Waals surface area contributed by atoms with E-state index in [1.54, 1.807) is 11.3 Å². The molecule has 0 aromatic carbocycles. The van der Waals surface area contributed by atoms with Gasteiger partial charge in [-0.2, -0.15) is 5.10 Å². The summed E-state index contributed by atoms with van der Waals surface area (Å²) < 4.78 is 0.734. The first-order valence-corrected chi connectivity index (χ1v) is 9.21. The molecule has 0 atom stereocenters. The van der Waals surface area contributed by atoms with Crippen molar-refractivity contribution in [2.75, 3.05) is 5.32 Å². The number of rotatable bonds is 3. The Labute approximate surface area is 142 Å². The smallest absolute Gasteiger partial charge is 0.279 e. The number of anilines is 1. The fraction of sp³-hybridized carbons (Fsp3) is 0.533. The van der Waals surface area contributed by atoms with E-state index in [2.05, 4.69) is 50.3 Å². The zero-order valence-corrected chi connectivity index (χ0v) is 15.1. The molecule has 5 nitrogen and oxygen atoms in total. The van der Waals surface area contributed by atoms with E-state index in [4.69, 9.17) is 0 Å². The molecule has 0 saturated carbocycles. The minimum absolute atomic E-state index is 0.223. The van der Waals surface area contributed by atoms with E-state index in [-0.39, 0.29) is 11.8 Å². The predicted octanol–water partition coefficient (Wildman–Crippen LogP) is 4.27. The maximum absolute atomic E-state index is 12.4. The topological polar surface area (TPSA) is 70.7 Å². The predicted molar refractivity (Wildman–Crippen MR) is 91.7 cm³/mol. The summed E-state index contributed by atoms with van der Waals surface area (Å²) in [7, 11) is 0. The van der Waals surface area contributed by atoms with E-state index in [1.165, 1.54) is 24.1 Å². The molecule has 22 heavy (non-hydrogen) atoms. The molecule has 2 N–H and O–H groups in total. The highest BCUT2D eigenvalue weighted by atomic mass is 79.9. The summed E-state index contributed by atoms with van der Waals surface area (Å²) in [6.45, 7) is 4.11. The van der Waals surface area contributed by atoms with Gasteiger partial charge in [-0.1, -0.05) is 20.3 Å². The van der Waals surface area contributed by atoms with Crippen molar-refractivity contribution >= 4 is 38.3 Å². The molecular weight excluding hydrogens is 364 g/mol. The quantitative estimate of drug-likeness (QED) is 0.778. The van der Waals surface area contributed by atoms with Crippen LogP contribution in [0.1, 0.15) is 65.8 Å². The molecule has 0 unspecified atom stereocenters. The van der Waals surface area contributed by atoms with Crippen molar-refractivity contribution in [3.05, 3.63) is 26.4 Å². The first kappa shape index (κ1) is 15.7. The fourth-order valence-electron chi connectivity index (χ4n) is 2.61. The number of nitrogens with zero attached hydrogens (tertiary/aromatic N) is 2. The molecule has 0 aliphatic heterocycles. The van der Waals surface area contributed by atoms with E-state index in [9.17, 15) is 4.79 Å². The van der Waals surface area contributed by atoms with Gasteiger partial charge in [0.25, 0.3) is 5.91 Å². The fourth-order valence-corrected chi connectivity index (χ4v) is 4.47. The van der Waals surface area contributed by atoms with Crippen LogP contribution in [-0.4, -0.2) is 21.1 Å². The lowest BCUT2D eigenvalue weighted by molar-refractivity contribution is 0.102. The van der Waals surface area contributed by atoms with Gasteiger partial charge in [0.15, 0.2) is 10.8 Å². The first-order chi connectivity index (χ1) is 10.6. The summed E-state index contributed by atoms with van der Waals surface area (Å²) in [5.74, 6) is 0.0540. The van der Waals surface area contributed by atoms with Crippen molar-refractivity contribution in [1.29, 1.82) is 0 Å². The molecule has 3 rings (SSSR count). The molecule has 118 valence electrons. The van der Waals surface area contributed by atoms with Crippen LogP contribution < -0.4 is 5.32 Å². The van der Waals surface area contributed by atoms with Gasteiger partial charge in [0.05, 0.1) is 15.9 Å². The number of carbonyl (C=O) groups is 1. The zero-order valence-electron chi connectivity index (χ0n) is 12.7. The summed E-state index contributed by atoms with van der Waals surface area (Å²) in [6, 6.07) is 0. The summed E-state index contributed by atoms with van der Waals surface area (Å²) in [4.78, 5) is 18.3. The lowest BCUT2D eigenvalue weighted by Crippen LogP contribution is -2.13. The molecule has 2 aromatic heterocycles. The molecular formula is C15H19BrN4OS.